The zero-order valence-corrected chi connectivity index (χ0v) is 9.85. The van der Waals surface area contributed by atoms with Crippen LogP contribution in [-0.2, 0) is 4.74 Å². The number of aromatic nitrogens is 4. The molecule has 0 spiro atoms. The first-order chi connectivity index (χ1) is 7.74. The molecule has 2 aromatic heterocycles. The van der Waals surface area contributed by atoms with E-state index in [0.717, 1.165) is 5.56 Å². The number of esters is 1. The molecular formula is C9H7BrN4O2. The first-order valence-electron chi connectivity index (χ1n) is 4.33. The Bertz CT molecular complexity index is 511. The summed E-state index contributed by atoms with van der Waals surface area (Å²) in [5.41, 5.74) is 1.62. The molecule has 2 heterocycles. The zero-order chi connectivity index (χ0) is 11.5. The number of hydrogen-bond acceptors (Lipinski definition) is 5. The van der Waals surface area contributed by atoms with Crippen molar-refractivity contribution in [2.24, 2.45) is 0 Å². The Morgan fingerprint density at radius 2 is 2.31 bits per heavy atom. The third-order valence-electron chi connectivity index (χ3n) is 1.95. The predicted octanol–water partition coefficient (Wildman–Crippen LogP) is 1.42. The maximum atomic E-state index is 11.3. The van der Waals surface area contributed by atoms with Gasteiger partial charge in [-0.25, -0.2) is 4.79 Å². The Hall–Kier alpha value is -1.76. The summed E-state index contributed by atoms with van der Waals surface area (Å²) in [5, 5.41) is 14.0. The monoisotopic (exact) mass is 282 g/mol. The van der Waals surface area contributed by atoms with Gasteiger partial charge in [0.25, 0.3) is 0 Å². The van der Waals surface area contributed by atoms with Gasteiger partial charge >= 0.3 is 5.97 Å². The number of carbonyl (C=O) groups excluding carboxylic acids is 1. The van der Waals surface area contributed by atoms with Gasteiger partial charge in [0.1, 0.15) is 5.69 Å². The summed E-state index contributed by atoms with van der Waals surface area (Å²) in [6, 6.07) is 1.75. The third-order valence-corrected chi connectivity index (χ3v) is 2.73. The van der Waals surface area contributed by atoms with Crippen molar-refractivity contribution < 1.29 is 9.53 Å². The largest absolute Gasteiger partial charge is 0.464 e. The van der Waals surface area contributed by atoms with Crippen LogP contribution in [0.25, 0.3) is 11.3 Å². The highest BCUT2D eigenvalue weighted by Crippen LogP contribution is 2.28. The fourth-order valence-electron chi connectivity index (χ4n) is 1.19. The van der Waals surface area contributed by atoms with Crippen LogP contribution in [0.2, 0.25) is 0 Å². The molecular weight excluding hydrogens is 276 g/mol. The SMILES string of the molecule is COC(=O)c1[nH]nc(-c2ccnnc2)c1Br. The van der Waals surface area contributed by atoms with Gasteiger partial charge in [-0.1, -0.05) is 0 Å². The average Bonchev–Trinajstić information content (AvgIpc) is 2.71. The van der Waals surface area contributed by atoms with Gasteiger partial charge in [-0.15, -0.1) is 0 Å². The molecule has 0 saturated carbocycles. The molecule has 7 heteroatoms. The number of ether oxygens (including phenoxy) is 1. The lowest BCUT2D eigenvalue weighted by Crippen LogP contribution is -2.02. The van der Waals surface area contributed by atoms with Crippen molar-refractivity contribution in [3.8, 4) is 11.3 Å². The van der Waals surface area contributed by atoms with E-state index in [1.165, 1.54) is 7.11 Å². The number of carbonyl (C=O) groups is 1. The molecule has 0 unspecified atom stereocenters. The number of H-pyrrole nitrogens is 1. The highest BCUT2D eigenvalue weighted by Gasteiger charge is 2.18. The molecule has 82 valence electrons. The molecule has 0 atom stereocenters. The average molecular weight is 283 g/mol. The fourth-order valence-corrected chi connectivity index (χ4v) is 1.76. The number of halogens is 1. The van der Waals surface area contributed by atoms with Gasteiger partial charge in [0.15, 0.2) is 5.69 Å². The van der Waals surface area contributed by atoms with Gasteiger partial charge in [0.05, 0.1) is 24.0 Å². The molecule has 6 nitrogen and oxygen atoms in total. The third kappa shape index (κ3) is 1.81. The maximum absolute atomic E-state index is 11.3. The summed E-state index contributed by atoms with van der Waals surface area (Å²) in [7, 11) is 1.31. The van der Waals surface area contributed by atoms with Crippen LogP contribution in [0.3, 0.4) is 0 Å². The number of methoxy groups -OCH3 is 1. The Morgan fingerprint density at radius 3 is 2.94 bits per heavy atom. The summed E-state index contributed by atoms with van der Waals surface area (Å²) in [6.07, 6.45) is 3.11. The zero-order valence-electron chi connectivity index (χ0n) is 8.27. The van der Waals surface area contributed by atoms with Crippen LogP contribution in [0.15, 0.2) is 22.9 Å². The minimum absolute atomic E-state index is 0.273. The smallest absolute Gasteiger partial charge is 0.357 e. The van der Waals surface area contributed by atoms with E-state index in [0.29, 0.717) is 10.2 Å². The second kappa shape index (κ2) is 4.40. The Labute approximate surface area is 99.2 Å². The van der Waals surface area contributed by atoms with Crippen molar-refractivity contribution in [2.75, 3.05) is 7.11 Å². The first kappa shape index (κ1) is 10.7. The van der Waals surface area contributed by atoms with Crippen molar-refractivity contribution in [2.45, 2.75) is 0 Å². The number of aromatic amines is 1. The van der Waals surface area contributed by atoms with Crippen molar-refractivity contribution in [1.29, 1.82) is 0 Å². The predicted molar refractivity (Wildman–Crippen MR) is 58.7 cm³/mol. The molecule has 16 heavy (non-hydrogen) atoms. The molecule has 0 aliphatic heterocycles. The lowest BCUT2D eigenvalue weighted by atomic mass is 10.2. The minimum atomic E-state index is -0.479. The van der Waals surface area contributed by atoms with Crippen molar-refractivity contribution >= 4 is 21.9 Å². The Kier molecular flexibility index (Phi) is 2.95. The topological polar surface area (TPSA) is 80.8 Å². The van der Waals surface area contributed by atoms with Gasteiger partial charge in [-0.3, -0.25) is 5.10 Å². The van der Waals surface area contributed by atoms with Gasteiger partial charge in [-0.05, 0) is 22.0 Å². The van der Waals surface area contributed by atoms with Crippen LogP contribution >= 0.6 is 15.9 Å². The van der Waals surface area contributed by atoms with Crippen molar-refractivity contribution in [3.05, 3.63) is 28.6 Å². The summed E-state index contributed by atoms with van der Waals surface area (Å²) in [6.45, 7) is 0. The molecule has 0 aromatic carbocycles. The van der Waals surface area contributed by atoms with Crippen LogP contribution in [0.4, 0.5) is 0 Å². The normalized spacial score (nSPS) is 10.1. The molecule has 2 rings (SSSR count). The van der Waals surface area contributed by atoms with Gasteiger partial charge < -0.3 is 4.74 Å². The number of nitrogens with one attached hydrogen (secondary N) is 1. The van der Waals surface area contributed by atoms with Crippen LogP contribution in [0, 0.1) is 0 Å². The lowest BCUT2D eigenvalue weighted by molar-refractivity contribution is 0.0593. The Balaban J connectivity index is 2.45. The van der Waals surface area contributed by atoms with Gasteiger partial charge in [0.2, 0.25) is 0 Å². The van der Waals surface area contributed by atoms with Gasteiger partial charge in [-0.2, -0.15) is 15.3 Å². The number of nitrogens with zero attached hydrogens (tertiary/aromatic N) is 3. The molecule has 0 radical (unpaired) electrons. The minimum Gasteiger partial charge on any atom is -0.464 e. The van der Waals surface area contributed by atoms with E-state index in [2.05, 4.69) is 41.1 Å². The van der Waals surface area contributed by atoms with E-state index >= 15 is 0 Å². The molecule has 0 saturated heterocycles. The molecule has 1 N–H and O–H groups in total. The van der Waals surface area contributed by atoms with E-state index in [1.54, 1.807) is 18.5 Å². The molecule has 0 bridgehead atoms. The quantitative estimate of drug-likeness (QED) is 0.843. The maximum Gasteiger partial charge on any atom is 0.357 e. The van der Waals surface area contributed by atoms with E-state index < -0.39 is 5.97 Å². The summed E-state index contributed by atoms with van der Waals surface area (Å²) < 4.78 is 5.15. The number of rotatable bonds is 2. The molecule has 2 aromatic rings. The molecule has 0 aliphatic rings. The molecule has 0 aliphatic carbocycles. The van der Waals surface area contributed by atoms with Gasteiger partial charge in [0, 0.05) is 5.56 Å². The number of hydrogen-bond donors (Lipinski definition) is 1. The Morgan fingerprint density at radius 1 is 1.50 bits per heavy atom. The second-order valence-electron chi connectivity index (χ2n) is 2.88. The van der Waals surface area contributed by atoms with Crippen molar-refractivity contribution in [1.82, 2.24) is 20.4 Å². The van der Waals surface area contributed by atoms with Crippen LogP contribution in [0.5, 0.6) is 0 Å². The lowest BCUT2D eigenvalue weighted by Gasteiger charge is -1.96. The standard InChI is InChI=1S/C9H7BrN4O2/c1-16-9(15)8-6(10)7(13-14-8)5-2-3-11-12-4-5/h2-4H,1H3,(H,13,14). The van der Waals surface area contributed by atoms with E-state index in [-0.39, 0.29) is 5.69 Å². The van der Waals surface area contributed by atoms with Crippen molar-refractivity contribution in [3.63, 3.8) is 0 Å². The molecule has 0 amide bonds. The summed E-state index contributed by atoms with van der Waals surface area (Å²) in [4.78, 5) is 11.3. The molecule has 0 fully saturated rings. The summed E-state index contributed by atoms with van der Waals surface area (Å²) >= 11 is 3.29. The fraction of sp³-hybridized carbons (Fsp3) is 0.111. The highest BCUT2D eigenvalue weighted by molar-refractivity contribution is 9.10. The first-order valence-corrected chi connectivity index (χ1v) is 5.12. The van der Waals surface area contributed by atoms with E-state index in [1.807, 2.05) is 0 Å². The van der Waals surface area contributed by atoms with E-state index in [4.69, 9.17) is 0 Å². The highest BCUT2D eigenvalue weighted by atomic mass is 79.9. The van der Waals surface area contributed by atoms with E-state index in [9.17, 15) is 4.79 Å². The second-order valence-corrected chi connectivity index (χ2v) is 3.68. The van der Waals surface area contributed by atoms with Crippen LogP contribution in [0.1, 0.15) is 10.5 Å². The van der Waals surface area contributed by atoms with Crippen LogP contribution in [-0.4, -0.2) is 33.5 Å². The summed E-state index contributed by atoms with van der Waals surface area (Å²) in [5.74, 6) is -0.479. The van der Waals surface area contributed by atoms with Crippen LogP contribution < -0.4 is 0 Å².